The molecule has 0 aromatic carbocycles. The Labute approximate surface area is 99.3 Å². The topological polar surface area (TPSA) is 56.3 Å². The van der Waals surface area contributed by atoms with Crippen LogP contribution in [0.5, 0.6) is 0 Å². The maximum Gasteiger partial charge on any atom is 0.202 e. The molecule has 0 amide bonds. The summed E-state index contributed by atoms with van der Waals surface area (Å²) in [4.78, 5) is 4.41. The highest BCUT2D eigenvalue weighted by molar-refractivity contribution is 7.09. The second kappa shape index (κ2) is 6.12. The Morgan fingerprint density at radius 2 is 2.56 bits per heavy atom. The lowest BCUT2D eigenvalue weighted by Gasteiger charge is -2.04. The van der Waals surface area contributed by atoms with E-state index in [1.54, 1.807) is 7.11 Å². The third-order valence-corrected chi connectivity index (χ3v) is 3.20. The predicted molar refractivity (Wildman–Crippen MR) is 63.0 cm³/mol. The molecule has 0 radical (unpaired) electrons. The number of hydrogen-bond acceptors (Lipinski definition) is 6. The molecule has 1 unspecified atom stereocenters. The monoisotopic (exact) mass is 243 g/mol. The Hall–Kier alpha value is -0.720. The van der Waals surface area contributed by atoms with Gasteiger partial charge < -0.3 is 14.8 Å². The minimum Gasteiger partial charge on any atom is -0.383 e. The van der Waals surface area contributed by atoms with Crippen molar-refractivity contribution in [2.24, 2.45) is 0 Å². The van der Waals surface area contributed by atoms with Crippen LogP contribution < -0.4 is 5.32 Å². The molecule has 2 rings (SSSR count). The van der Waals surface area contributed by atoms with E-state index in [1.807, 2.05) is 0 Å². The van der Waals surface area contributed by atoms with Crippen molar-refractivity contribution in [1.29, 1.82) is 0 Å². The lowest BCUT2D eigenvalue weighted by atomic mass is 10.2. The summed E-state index contributed by atoms with van der Waals surface area (Å²) >= 11 is 1.40. The highest BCUT2D eigenvalue weighted by Gasteiger charge is 2.18. The molecule has 0 aliphatic carbocycles. The largest absolute Gasteiger partial charge is 0.383 e. The normalized spacial score (nSPS) is 20.2. The van der Waals surface area contributed by atoms with E-state index in [0.29, 0.717) is 12.7 Å². The van der Waals surface area contributed by atoms with Gasteiger partial charge in [-0.15, -0.1) is 0 Å². The van der Waals surface area contributed by atoms with E-state index in [1.165, 1.54) is 11.5 Å². The second-order valence-corrected chi connectivity index (χ2v) is 4.53. The molecule has 1 aromatic rings. The van der Waals surface area contributed by atoms with Gasteiger partial charge in [0.15, 0.2) is 0 Å². The Kier molecular flexibility index (Phi) is 4.50. The fourth-order valence-electron chi connectivity index (χ4n) is 1.68. The van der Waals surface area contributed by atoms with E-state index in [-0.39, 0.29) is 0 Å². The van der Waals surface area contributed by atoms with Gasteiger partial charge in [-0.2, -0.15) is 4.37 Å². The van der Waals surface area contributed by atoms with Crippen molar-refractivity contribution >= 4 is 16.7 Å². The Balaban J connectivity index is 1.77. The van der Waals surface area contributed by atoms with Gasteiger partial charge in [-0.1, -0.05) is 0 Å². The molecule has 1 aliphatic rings. The number of aromatic nitrogens is 2. The standard InChI is InChI=1S/C10H17N3O2S/c1-14-6-4-11-10-12-9(13-16-10)7-8-3-2-5-15-8/h8H,2-7H2,1H3,(H,11,12,13). The van der Waals surface area contributed by atoms with E-state index < -0.39 is 0 Å². The van der Waals surface area contributed by atoms with E-state index in [4.69, 9.17) is 9.47 Å². The summed E-state index contributed by atoms with van der Waals surface area (Å²) in [5, 5.41) is 4.04. The minimum absolute atomic E-state index is 0.321. The molecule has 0 bridgehead atoms. The zero-order valence-electron chi connectivity index (χ0n) is 9.44. The van der Waals surface area contributed by atoms with Crippen LogP contribution in [-0.2, 0) is 15.9 Å². The maximum atomic E-state index is 5.55. The molecule has 1 aromatic heterocycles. The molecule has 0 saturated carbocycles. The molecule has 1 fully saturated rings. The van der Waals surface area contributed by atoms with Crippen molar-refractivity contribution in [2.45, 2.75) is 25.4 Å². The SMILES string of the molecule is COCCNc1nc(CC2CCCO2)ns1. The van der Waals surface area contributed by atoms with Crippen LogP contribution in [0.2, 0.25) is 0 Å². The van der Waals surface area contributed by atoms with Gasteiger partial charge in [-0.3, -0.25) is 0 Å². The second-order valence-electron chi connectivity index (χ2n) is 3.77. The summed E-state index contributed by atoms with van der Waals surface area (Å²) in [7, 11) is 1.69. The molecule has 0 spiro atoms. The third kappa shape index (κ3) is 3.40. The van der Waals surface area contributed by atoms with E-state index in [2.05, 4.69) is 14.7 Å². The highest BCUT2D eigenvalue weighted by Crippen LogP contribution is 2.18. The van der Waals surface area contributed by atoms with Crippen LogP contribution in [-0.4, -0.2) is 42.3 Å². The van der Waals surface area contributed by atoms with Crippen molar-refractivity contribution in [3.05, 3.63) is 5.82 Å². The van der Waals surface area contributed by atoms with Crippen LogP contribution in [0.3, 0.4) is 0 Å². The molecule has 1 saturated heterocycles. The van der Waals surface area contributed by atoms with Gasteiger partial charge in [-0.25, -0.2) is 4.98 Å². The van der Waals surface area contributed by atoms with Crippen molar-refractivity contribution in [2.75, 3.05) is 32.2 Å². The van der Waals surface area contributed by atoms with Gasteiger partial charge in [0, 0.05) is 38.2 Å². The first-order valence-corrected chi connectivity index (χ1v) is 6.33. The molecule has 2 heterocycles. The number of methoxy groups -OCH3 is 1. The van der Waals surface area contributed by atoms with Crippen LogP contribution in [0.15, 0.2) is 0 Å². The molecule has 1 atom stereocenters. The van der Waals surface area contributed by atoms with Crippen LogP contribution in [0.1, 0.15) is 18.7 Å². The van der Waals surface area contributed by atoms with Crippen LogP contribution in [0.25, 0.3) is 0 Å². The molecular weight excluding hydrogens is 226 g/mol. The molecule has 1 aliphatic heterocycles. The lowest BCUT2D eigenvalue weighted by molar-refractivity contribution is 0.110. The highest BCUT2D eigenvalue weighted by atomic mass is 32.1. The average molecular weight is 243 g/mol. The molecular formula is C10H17N3O2S. The fourth-order valence-corrected chi connectivity index (χ4v) is 2.30. The number of anilines is 1. The van der Waals surface area contributed by atoms with Crippen LogP contribution >= 0.6 is 11.5 Å². The summed E-state index contributed by atoms with van der Waals surface area (Å²) in [6.45, 7) is 2.33. The predicted octanol–water partition coefficient (Wildman–Crippen LogP) is 1.32. The summed E-state index contributed by atoms with van der Waals surface area (Å²) in [5.41, 5.74) is 0. The Morgan fingerprint density at radius 3 is 3.31 bits per heavy atom. The molecule has 16 heavy (non-hydrogen) atoms. The quantitative estimate of drug-likeness (QED) is 0.764. The van der Waals surface area contributed by atoms with E-state index >= 15 is 0 Å². The van der Waals surface area contributed by atoms with Crippen molar-refractivity contribution in [1.82, 2.24) is 9.36 Å². The Bertz CT molecular complexity index is 313. The van der Waals surface area contributed by atoms with Crippen LogP contribution in [0, 0.1) is 0 Å². The lowest BCUT2D eigenvalue weighted by Crippen LogP contribution is -2.10. The van der Waals surface area contributed by atoms with Gasteiger partial charge in [0.05, 0.1) is 12.7 Å². The first-order chi connectivity index (χ1) is 7.88. The third-order valence-electron chi connectivity index (χ3n) is 2.48. The number of nitrogens with zero attached hydrogens (tertiary/aromatic N) is 2. The summed E-state index contributed by atoms with van der Waals surface area (Å²) in [5.74, 6) is 0.886. The van der Waals surface area contributed by atoms with E-state index in [0.717, 1.165) is 43.4 Å². The van der Waals surface area contributed by atoms with Gasteiger partial charge in [0.25, 0.3) is 0 Å². The molecule has 90 valence electrons. The van der Waals surface area contributed by atoms with E-state index in [9.17, 15) is 0 Å². The molecule has 1 N–H and O–H groups in total. The summed E-state index contributed by atoms with van der Waals surface area (Å²) < 4.78 is 14.8. The molecule has 6 heteroatoms. The first-order valence-electron chi connectivity index (χ1n) is 5.55. The van der Waals surface area contributed by atoms with Gasteiger partial charge in [-0.05, 0) is 12.8 Å². The fraction of sp³-hybridized carbons (Fsp3) is 0.800. The van der Waals surface area contributed by atoms with Gasteiger partial charge in [0.2, 0.25) is 5.13 Å². The molecule has 5 nitrogen and oxygen atoms in total. The number of hydrogen-bond donors (Lipinski definition) is 1. The Morgan fingerprint density at radius 1 is 1.62 bits per heavy atom. The number of rotatable bonds is 6. The minimum atomic E-state index is 0.321. The zero-order chi connectivity index (χ0) is 11.2. The first kappa shape index (κ1) is 11.8. The maximum absolute atomic E-state index is 5.55. The van der Waals surface area contributed by atoms with Crippen molar-refractivity contribution < 1.29 is 9.47 Å². The summed E-state index contributed by atoms with van der Waals surface area (Å²) in [6.07, 6.45) is 3.45. The van der Waals surface area contributed by atoms with Crippen LogP contribution in [0.4, 0.5) is 5.13 Å². The number of nitrogens with one attached hydrogen (secondary N) is 1. The van der Waals surface area contributed by atoms with Gasteiger partial charge in [0.1, 0.15) is 5.82 Å². The zero-order valence-corrected chi connectivity index (χ0v) is 10.3. The van der Waals surface area contributed by atoms with Crippen molar-refractivity contribution in [3.63, 3.8) is 0 Å². The van der Waals surface area contributed by atoms with Crippen molar-refractivity contribution in [3.8, 4) is 0 Å². The average Bonchev–Trinajstić information content (AvgIpc) is 2.91. The number of ether oxygens (including phenoxy) is 2. The summed E-state index contributed by atoms with van der Waals surface area (Å²) in [6, 6.07) is 0. The van der Waals surface area contributed by atoms with Gasteiger partial charge >= 0.3 is 0 Å². The smallest absolute Gasteiger partial charge is 0.202 e.